The quantitative estimate of drug-likeness (QED) is 0.759. The lowest BCUT2D eigenvalue weighted by atomic mass is 10.1. The fraction of sp³-hybridized carbons (Fsp3) is 0.158. The van der Waals surface area contributed by atoms with Crippen LogP contribution in [-0.4, -0.2) is 10.9 Å². The summed E-state index contributed by atoms with van der Waals surface area (Å²) in [6.45, 7) is 5.94. The largest absolute Gasteiger partial charge is 0.321 e. The molecule has 0 atom stereocenters. The van der Waals surface area contributed by atoms with E-state index in [1.54, 1.807) is 0 Å². The van der Waals surface area contributed by atoms with Crippen LogP contribution in [-0.2, 0) is 0 Å². The maximum atomic E-state index is 12.5. The van der Waals surface area contributed by atoms with Gasteiger partial charge in [-0.2, -0.15) is 0 Å². The van der Waals surface area contributed by atoms with Crippen LogP contribution in [0.4, 0.5) is 5.69 Å². The molecule has 1 aromatic heterocycles. The fourth-order valence-corrected chi connectivity index (χ4v) is 2.56. The molecule has 1 N–H and O–H groups in total. The highest BCUT2D eigenvalue weighted by atomic mass is 16.1. The molecule has 0 fully saturated rings. The van der Waals surface area contributed by atoms with E-state index in [0.29, 0.717) is 5.56 Å². The van der Waals surface area contributed by atoms with Crippen molar-refractivity contribution < 1.29 is 4.79 Å². The van der Waals surface area contributed by atoms with Crippen molar-refractivity contribution in [1.29, 1.82) is 0 Å². The Morgan fingerprint density at radius 3 is 2.50 bits per heavy atom. The number of fused-ring (bicyclic) bond motifs is 1. The number of amides is 1. The highest BCUT2D eigenvalue weighted by Gasteiger charge is 2.10. The van der Waals surface area contributed by atoms with E-state index in [0.717, 1.165) is 33.4 Å². The van der Waals surface area contributed by atoms with E-state index < -0.39 is 0 Å². The number of aromatic nitrogens is 1. The van der Waals surface area contributed by atoms with Crippen LogP contribution in [0.3, 0.4) is 0 Å². The summed E-state index contributed by atoms with van der Waals surface area (Å²) < 4.78 is 0. The Balaban J connectivity index is 2.03. The van der Waals surface area contributed by atoms with E-state index >= 15 is 0 Å². The van der Waals surface area contributed by atoms with Gasteiger partial charge in [-0.3, -0.25) is 9.78 Å². The third-order valence-electron chi connectivity index (χ3n) is 3.62. The first kappa shape index (κ1) is 14.3. The second kappa shape index (κ2) is 5.60. The van der Waals surface area contributed by atoms with E-state index in [9.17, 15) is 4.79 Å². The van der Waals surface area contributed by atoms with Crippen LogP contribution in [0.2, 0.25) is 0 Å². The molecule has 3 aromatic rings. The second-order valence-corrected chi connectivity index (χ2v) is 5.66. The van der Waals surface area contributed by atoms with Gasteiger partial charge >= 0.3 is 0 Å². The molecule has 110 valence electrons. The third kappa shape index (κ3) is 2.84. The number of carbonyl (C=O) groups excluding carboxylic acids is 1. The Morgan fingerprint density at radius 1 is 0.955 bits per heavy atom. The molecule has 2 aromatic carbocycles. The van der Waals surface area contributed by atoms with E-state index in [-0.39, 0.29) is 5.91 Å². The number of aryl methyl sites for hydroxylation is 3. The molecule has 1 heterocycles. The Labute approximate surface area is 130 Å². The van der Waals surface area contributed by atoms with Gasteiger partial charge in [0.05, 0.1) is 11.2 Å². The van der Waals surface area contributed by atoms with Gasteiger partial charge in [0, 0.05) is 16.6 Å². The van der Waals surface area contributed by atoms with Gasteiger partial charge in [-0.15, -0.1) is 0 Å². The number of benzene rings is 2. The molecule has 0 aliphatic carbocycles. The predicted molar refractivity (Wildman–Crippen MR) is 90.3 cm³/mol. The fourth-order valence-electron chi connectivity index (χ4n) is 2.56. The van der Waals surface area contributed by atoms with Crippen LogP contribution in [0, 0.1) is 20.8 Å². The molecule has 0 aliphatic heterocycles. The number of rotatable bonds is 2. The summed E-state index contributed by atoms with van der Waals surface area (Å²) in [5.74, 6) is -0.0999. The third-order valence-corrected chi connectivity index (χ3v) is 3.62. The zero-order valence-corrected chi connectivity index (χ0v) is 13.0. The van der Waals surface area contributed by atoms with Crippen LogP contribution in [0.25, 0.3) is 10.9 Å². The van der Waals surface area contributed by atoms with Gasteiger partial charge in [0.15, 0.2) is 0 Å². The van der Waals surface area contributed by atoms with E-state index in [2.05, 4.69) is 10.3 Å². The van der Waals surface area contributed by atoms with Crippen LogP contribution >= 0.6 is 0 Å². The number of carbonyl (C=O) groups is 1. The van der Waals surface area contributed by atoms with Crippen molar-refractivity contribution in [2.75, 3.05) is 5.32 Å². The van der Waals surface area contributed by atoms with Crippen LogP contribution in [0.1, 0.15) is 27.2 Å². The summed E-state index contributed by atoms with van der Waals surface area (Å²) in [6, 6.07) is 15.6. The van der Waals surface area contributed by atoms with Crippen LogP contribution in [0.5, 0.6) is 0 Å². The van der Waals surface area contributed by atoms with Crippen LogP contribution in [0.15, 0.2) is 48.5 Å². The average molecular weight is 290 g/mol. The molecule has 3 heteroatoms. The maximum Gasteiger partial charge on any atom is 0.255 e. The number of nitrogens with one attached hydrogen (secondary N) is 1. The van der Waals surface area contributed by atoms with Gasteiger partial charge < -0.3 is 5.32 Å². The number of anilines is 1. The lowest BCUT2D eigenvalue weighted by Gasteiger charge is -2.11. The molecule has 0 bridgehead atoms. The lowest BCUT2D eigenvalue weighted by Crippen LogP contribution is -2.12. The van der Waals surface area contributed by atoms with Crippen molar-refractivity contribution in [1.82, 2.24) is 4.98 Å². The van der Waals surface area contributed by atoms with Gasteiger partial charge in [0.1, 0.15) is 0 Å². The van der Waals surface area contributed by atoms with Crippen LogP contribution < -0.4 is 5.32 Å². The molecular formula is C19H18N2O. The number of pyridine rings is 1. The number of hydrogen-bond acceptors (Lipinski definition) is 2. The minimum Gasteiger partial charge on any atom is -0.321 e. The molecule has 0 radical (unpaired) electrons. The number of hydrogen-bond donors (Lipinski definition) is 1. The highest BCUT2D eigenvalue weighted by Crippen LogP contribution is 2.25. The first-order chi connectivity index (χ1) is 10.5. The van der Waals surface area contributed by atoms with E-state index in [1.165, 1.54) is 0 Å². The smallest absolute Gasteiger partial charge is 0.255 e. The standard InChI is InChI=1S/C19H18N2O/c1-12-5-4-6-15(9-12)19(22)21-18-11-14(3)20-17-8-7-13(2)10-16(17)18/h4-11H,1-3H3,(H,20,21,22). The highest BCUT2D eigenvalue weighted by molar-refractivity contribution is 6.08. The van der Waals surface area contributed by atoms with Crippen molar-refractivity contribution in [3.05, 3.63) is 70.9 Å². The van der Waals surface area contributed by atoms with Gasteiger partial charge in [-0.25, -0.2) is 0 Å². The first-order valence-corrected chi connectivity index (χ1v) is 7.29. The minimum absolute atomic E-state index is 0.0999. The zero-order valence-electron chi connectivity index (χ0n) is 13.0. The molecule has 1 amide bonds. The molecule has 0 spiro atoms. The molecule has 0 saturated heterocycles. The Bertz CT molecular complexity index is 868. The normalized spacial score (nSPS) is 10.7. The summed E-state index contributed by atoms with van der Waals surface area (Å²) in [7, 11) is 0. The summed E-state index contributed by atoms with van der Waals surface area (Å²) >= 11 is 0. The summed E-state index contributed by atoms with van der Waals surface area (Å²) in [5.41, 5.74) is 5.46. The SMILES string of the molecule is Cc1cccc(C(=O)Nc2cc(C)nc3ccc(C)cc23)c1. The first-order valence-electron chi connectivity index (χ1n) is 7.29. The summed E-state index contributed by atoms with van der Waals surface area (Å²) in [5, 5.41) is 3.98. The average Bonchev–Trinajstić information content (AvgIpc) is 2.48. The number of nitrogens with zero attached hydrogens (tertiary/aromatic N) is 1. The second-order valence-electron chi connectivity index (χ2n) is 5.66. The van der Waals surface area contributed by atoms with E-state index in [4.69, 9.17) is 0 Å². The molecule has 22 heavy (non-hydrogen) atoms. The van der Waals surface area contributed by atoms with Crippen molar-refractivity contribution in [2.24, 2.45) is 0 Å². The van der Waals surface area contributed by atoms with Gasteiger partial charge in [-0.05, 0) is 51.1 Å². The molecular weight excluding hydrogens is 272 g/mol. The van der Waals surface area contributed by atoms with Crippen molar-refractivity contribution in [3.8, 4) is 0 Å². The Morgan fingerprint density at radius 2 is 1.73 bits per heavy atom. The Kier molecular flexibility index (Phi) is 3.63. The summed E-state index contributed by atoms with van der Waals surface area (Å²) in [4.78, 5) is 17.0. The minimum atomic E-state index is -0.0999. The maximum absolute atomic E-state index is 12.5. The van der Waals surface area contributed by atoms with E-state index in [1.807, 2.05) is 69.3 Å². The van der Waals surface area contributed by atoms with Crippen molar-refractivity contribution in [2.45, 2.75) is 20.8 Å². The van der Waals surface area contributed by atoms with Crippen molar-refractivity contribution in [3.63, 3.8) is 0 Å². The molecule has 0 unspecified atom stereocenters. The molecule has 3 rings (SSSR count). The molecule has 3 nitrogen and oxygen atoms in total. The monoisotopic (exact) mass is 290 g/mol. The van der Waals surface area contributed by atoms with Crippen molar-refractivity contribution >= 4 is 22.5 Å². The van der Waals surface area contributed by atoms with Gasteiger partial charge in [-0.1, -0.05) is 29.3 Å². The topological polar surface area (TPSA) is 42.0 Å². The molecule has 0 aliphatic rings. The predicted octanol–water partition coefficient (Wildman–Crippen LogP) is 4.41. The zero-order chi connectivity index (χ0) is 15.7. The Hall–Kier alpha value is -2.68. The summed E-state index contributed by atoms with van der Waals surface area (Å²) in [6.07, 6.45) is 0. The van der Waals surface area contributed by atoms with Gasteiger partial charge in [0.2, 0.25) is 0 Å². The lowest BCUT2D eigenvalue weighted by molar-refractivity contribution is 0.102. The molecule has 0 saturated carbocycles. The van der Waals surface area contributed by atoms with Gasteiger partial charge in [0.25, 0.3) is 5.91 Å².